The number of urea groups is 1. The first-order valence-corrected chi connectivity index (χ1v) is 6.30. The summed E-state index contributed by atoms with van der Waals surface area (Å²) in [4.78, 5) is 22.9. The molecule has 0 bridgehead atoms. The average Bonchev–Trinajstić information content (AvgIpc) is 2.47. The molecule has 2 aliphatic heterocycles. The number of fused-ring (bicyclic) bond motifs is 1. The fourth-order valence-corrected chi connectivity index (χ4v) is 2.48. The summed E-state index contributed by atoms with van der Waals surface area (Å²) in [6.45, 7) is 0. The largest absolute Gasteiger partial charge is 0.454 e. The number of carbonyl (C=O) groups is 2. The molecule has 104 valence electrons. The molecule has 4 atom stereocenters. The van der Waals surface area contributed by atoms with E-state index in [2.05, 4.69) is 10.6 Å². The van der Waals surface area contributed by atoms with E-state index in [1.165, 1.54) is 12.2 Å². The van der Waals surface area contributed by atoms with Crippen molar-refractivity contribution in [2.45, 2.75) is 24.4 Å². The highest BCUT2D eigenvalue weighted by atomic mass is 19.1. The molecular formula is C14H13FN2O3. The zero-order valence-corrected chi connectivity index (χ0v) is 10.5. The van der Waals surface area contributed by atoms with Crippen LogP contribution in [0.1, 0.15) is 11.7 Å². The van der Waals surface area contributed by atoms with Gasteiger partial charge in [0.25, 0.3) is 0 Å². The SMILES string of the molecule is O=C1NC2C=CC(=O)OC2C(C(F)c2ccccc2)N1. The van der Waals surface area contributed by atoms with Gasteiger partial charge in [0, 0.05) is 6.08 Å². The number of nitrogens with one attached hydrogen (secondary N) is 2. The molecule has 0 radical (unpaired) electrons. The average molecular weight is 276 g/mol. The van der Waals surface area contributed by atoms with Gasteiger partial charge in [-0.15, -0.1) is 0 Å². The van der Waals surface area contributed by atoms with Crippen molar-refractivity contribution in [1.29, 1.82) is 0 Å². The molecule has 3 rings (SSSR count). The highest BCUT2D eigenvalue weighted by molar-refractivity contribution is 5.85. The highest BCUT2D eigenvalue weighted by Gasteiger charge is 2.44. The van der Waals surface area contributed by atoms with Crippen molar-refractivity contribution in [3.8, 4) is 0 Å². The molecule has 2 aliphatic rings. The number of benzene rings is 1. The minimum atomic E-state index is -1.45. The quantitative estimate of drug-likeness (QED) is 0.798. The molecule has 1 aromatic rings. The zero-order chi connectivity index (χ0) is 14.1. The van der Waals surface area contributed by atoms with E-state index >= 15 is 0 Å². The second-order valence-electron chi connectivity index (χ2n) is 4.74. The standard InChI is InChI=1S/C14H13FN2O3/c15-11(8-4-2-1-3-5-8)12-13-9(16-14(19)17-12)6-7-10(18)20-13/h1-7,9,11-13H,(H2,16,17,19). The first-order valence-electron chi connectivity index (χ1n) is 6.30. The molecule has 1 fully saturated rings. The summed E-state index contributed by atoms with van der Waals surface area (Å²) in [5.74, 6) is -0.533. The molecule has 0 aliphatic carbocycles. The number of halogens is 1. The summed E-state index contributed by atoms with van der Waals surface area (Å²) in [6, 6.07) is 6.59. The van der Waals surface area contributed by atoms with E-state index in [-0.39, 0.29) is 0 Å². The van der Waals surface area contributed by atoms with Crippen LogP contribution in [0.4, 0.5) is 9.18 Å². The minimum absolute atomic E-state index is 0.434. The predicted octanol–water partition coefficient (Wildman–Crippen LogP) is 1.23. The molecule has 0 saturated carbocycles. The minimum Gasteiger partial charge on any atom is -0.454 e. The number of hydrogen-bond acceptors (Lipinski definition) is 3. The molecule has 6 heteroatoms. The van der Waals surface area contributed by atoms with Crippen LogP contribution in [-0.4, -0.2) is 30.2 Å². The Morgan fingerprint density at radius 1 is 1.15 bits per heavy atom. The lowest BCUT2D eigenvalue weighted by molar-refractivity contribution is -0.148. The topological polar surface area (TPSA) is 67.4 Å². The fraction of sp³-hybridized carbons (Fsp3) is 0.286. The van der Waals surface area contributed by atoms with Crippen molar-refractivity contribution in [3.63, 3.8) is 0 Å². The van der Waals surface area contributed by atoms with Crippen molar-refractivity contribution in [1.82, 2.24) is 10.6 Å². The molecule has 0 spiro atoms. The van der Waals surface area contributed by atoms with Crippen LogP contribution in [0.5, 0.6) is 0 Å². The Labute approximate surface area is 114 Å². The molecule has 2 N–H and O–H groups in total. The van der Waals surface area contributed by atoms with Crippen molar-refractivity contribution < 1.29 is 18.7 Å². The third-order valence-electron chi connectivity index (χ3n) is 3.43. The Kier molecular flexibility index (Phi) is 3.14. The summed E-state index contributed by atoms with van der Waals surface area (Å²) in [5, 5.41) is 5.09. The molecule has 20 heavy (non-hydrogen) atoms. The summed E-state index contributed by atoms with van der Waals surface area (Å²) >= 11 is 0. The highest BCUT2D eigenvalue weighted by Crippen LogP contribution is 2.29. The number of ether oxygens (including phenoxy) is 1. The summed E-state index contributed by atoms with van der Waals surface area (Å²) in [5.41, 5.74) is 0.434. The normalized spacial score (nSPS) is 29.8. The van der Waals surface area contributed by atoms with Crippen LogP contribution in [0.15, 0.2) is 42.5 Å². The molecular weight excluding hydrogens is 263 g/mol. The van der Waals surface area contributed by atoms with E-state index in [0.717, 1.165) is 0 Å². The monoisotopic (exact) mass is 276 g/mol. The molecule has 5 nitrogen and oxygen atoms in total. The first kappa shape index (κ1) is 12.7. The second-order valence-corrected chi connectivity index (χ2v) is 4.74. The number of carbonyl (C=O) groups excluding carboxylic acids is 2. The Bertz CT molecular complexity index is 561. The van der Waals surface area contributed by atoms with Gasteiger partial charge in [-0.3, -0.25) is 0 Å². The maximum Gasteiger partial charge on any atom is 0.330 e. The van der Waals surface area contributed by atoms with Gasteiger partial charge in [-0.2, -0.15) is 0 Å². The van der Waals surface area contributed by atoms with Crippen LogP contribution in [0.3, 0.4) is 0 Å². The van der Waals surface area contributed by atoms with Gasteiger partial charge in [0.2, 0.25) is 0 Å². The van der Waals surface area contributed by atoms with Crippen LogP contribution in [0, 0.1) is 0 Å². The van der Waals surface area contributed by atoms with E-state index in [1.807, 2.05) is 0 Å². The molecule has 0 aromatic heterocycles. The van der Waals surface area contributed by atoms with Gasteiger partial charge < -0.3 is 15.4 Å². The molecule has 4 unspecified atom stereocenters. The first-order chi connectivity index (χ1) is 9.65. The lowest BCUT2D eigenvalue weighted by Crippen LogP contribution is -2.65. The number of rotatable bonds is 2. The van der Waals surface area contributed by atoms with E-state index in [4.69, 9.17) is 4.74 Å². The van der Waals surface area contributed by atoms with Crippen LogP contribution in [0.25, 0.3) is 0 Å². The summed E-state index contributed by atoms with van der Waals surface area (Å²) in [6.07, 6.45) is 0.550. The van der Waals surface area contributed by atoms with E-state index < -0.39 is 36.4 Å². The van der Waals surface area contributed by atoms with Crippen LogP contribution < -0.4 is 10.6 Å². The van der Waals surface area contributed by atoms with Gasteiger partial charge in [-0.05, 0) is 5.56 Å². The third kappa shape index (κ3) is 2.24. The van der Waals surface area contributed by atoms with Crippen LogP contribution in [-0.2, 0) is 9.53 Å². The van der Waals surface area contributed by atoms with Crippen molar-refractivity contribution in [3.05, 3.63) is 48.0 Å². The molecule has 1 saturated heterocycles. The van der Waals surface area contributed by atoms with Gasteiger partial charge in [-0.25, -0.2) is 14.0 Å². The molecule has 2 heterocycles. The van der Waals surface area contributed by atoms with Gasteiger partial charge in [0.05, 0.1) is 6.04 Å². The zero-order valence-electron chi connectivity index (χ0n) is 10.5. The third-order valence-corrected chi connectivity index (χ3v) is 3.43. The van der Waals surface area contributed by atoms with Gasteiger partial charge in [0.15, 0.2) is 0 Å². The number of alkyl halides is 1. The Morgan fingerprint density at radius 3 is 2.65 bits per heavy atom. The van der Waals surface area contributed by atoms with E-state index in [9.17, 15) is 14.0 Å². The van der Waals surface area contributed by atoms with Crippen molar-refractivity contribution >= 4 is 12.0 Å². The maximum atomic E-state index is 14.6. The van der Waals surface area contributed by atoms with Crippen LogP contribution in [0.2, 0.25) is 0 Å². The lowest BCUT2D eigenvalue weighted by Gasteiger charge is -2.40. The van der Waals surface area contributed by atoms with Crippen molar-refractivity contribution in [2.24, 2.45) is 0 Å². The summed E-state index contributed by atoms with van der Waals surface area (Å²) in [7, 11) is 0. The Hall–Kier alpha value is -2.37. The summed E-state index contributed by atoms with van der Waals surface area (Å²) < 4.78 is 19.8. The van der Waals surface area contributed by atoms with Gasteiger partial charge in [0.1, 0.15) is 18.3 Å². The number of hydrogen-bond donors (Lipinski definition) is 2. The molecule has 2 amide bonds. The maximum absolute atomic E-state index is 14.6. The second kappa shape index (κ2) is 4.96. The Balaban J connectivity index is 1.89. The van der Waals surface area contributed by atoms with E-state index in [0.29, 0.717) is 5.56 Å². The predicted molar refractivity (Wildman–Crippen MR) is 68.6 cm³/mol. The smallest absolute Gasteiger partial charge is 0.330 e. The lowest BCUT2D eigenvalue weighted by atomic mass is 9.91. The number of amides is 2. The van der Waals surface area contributed by atoms with Crippen molar-refractivity contribution in [2.75, 3.05) is 0 Å². The van der Waals surface area contributed by atoms with Gasteiger partial charge in [-0.1, -0.05) is 36.4 Å². The fourth-order valence-electron chi connectivity index (χ4n) is 2.48. The van der Waals surface area contributed by atoms with E-state index in [1.54, 1.807) is 30.3 Å². The molecule has 1 aromatic carbocycles. The Morgan fingerprint density at radius 2 is 1.90 bits per heavy atom. The number of esters is 1. The van der Waals surface area contributed by atoms with Crippen LogP contribution >= 0.6 is 0 Å². The van der Waals surface area contributed by atoms with Gasteiger partial charge >= 0.3 is 12.0 Å².